The van der Waals surface area contributed by atoms with Crippen LogP contribution in [0.15, 0.2) is 29.0 Å². The Hall–Kier alpha value is -1.17. The second-order valence-corrected chi connectivity index (χ2v) is 6.75. The van der Waals surface area contributed by atoms with Crippen LogP contribution in [0.2, 0.25) is 0 Å². The number of fused-ring (bicyclic) bond motifs is 1. The van der Waals surface area contributed by atoms with E-state index in [1.807, 2.05) is 22.9 Å². The van der Waals surface area contributed by atoms with Crippen molar-refractivity contribution in [3.05, 3.63) is 44.3 Å². The summed E-state index contributed by atoms with van der Waals surface area (Å²) in [5, 5.41) is 17.5. The molecule has 1 aliphatic rings. The van der Waals surface area contributed by atoms with Crippen molar-refractivity contribution >= 4 is 28.6 Å². The van der Waals surface area contributed by atoms with E-state index in [0.717, 1.165) is 18.4 Å². The van der Waals surface area contributed by atoms with Gasteiger partial charge in [-0.1, -0.05) is 6.07 Å². The Balaban J connectivity index is 1.72. The van der Waals surface area contributed by atoms with Crippen molar-refractivity contribution in [2.75, 3.05) is 6.54 Å². The maximum Gasteiger partial charge on any atom is 0.261 e. The van der Waals surface area contributed by atoms with Gasteiger partial charge in [-0.3, -0.25) is 4.79 Å². The van der Waals surface area contributed by atoms with Gasteiger partial charge < -0.3 is 10.4 Å². The van der Waals surface area contributed by atoms with Gasteiger partial charge in [0.1, 0.15) is 5.60 Å². The molecule has 2 aromatic heterocycles. The van der Waals surface area contributed by atoms with E-state index in [1.54, 1.807) is 17.4 Å². The highest BCUT2D eigenvalue weighted by molar-refractivity contribution is 7.12. The molecule has 0 aromatic carbocycles. The summed E-state index contributed by atoms with van der Waals surface area (Å²) < 4.78 is 0. The summed E-state index contributed by atoms with van der Waals surface area (Å²) in [5.41, 5.74) is 0.0933. The van der Waals surface area contributed by atoms with E-state index in [4.69, 9.17) is 0 Å². The largest absolute Gasteiger partial charge is 0.383 e. The van der Waals surface area contributed by atoms with Crippen LogP contribution in [-0.4, -0.2) is 17.6 Å². The third-order valence-electron chi connectivity index (χ3n) is 3.53. The van der Waals surface area contributed by atoms with E-state index >= 15 is 0 Å². The number of amides is 1. The van der Waals surface area contributed by atoms with Crippen molar-refractivity contribution in [2.45, 2.75) is 24.9 Å². The van der Waals surface area contributed by atoms with E-state index in [2.05, 4.69) is 5.32 Å². The quantitative estimate of drug-likeness (QED) is 0.914. The third-order valence-corrected chi connectivity index (χ3v) is 5.38. The minimum Gasteiger partial charge on any atom is -0.383 e. The maximum atomic E-state index is 11.9. The molecule has 0 saturated carbocycles. The number of nitrogens with one attached hydrogen (secondary N) is 1. The Morgan fingerprint density at radius 1 is 1.37 bits per heavy atom. The molecule has 1 amide bonds. The molecule has 2 N–H and O–H groups in total. The summed E-state index contributed by atoms with van der Waals surface area (Å²) in [4.78, 5) is 13.9. The van der Waals surface area contributed by atoms with Gasteiger partial charge in [0.2, 0.25) is 0 Å². The van der Waals surface area contributed by atoms with Crippen LogP contribution in [0.4, 0.5) is 0 Å². The van der Waals surface area contributed by atoms with Gasteiger partial charge in [-0.15, -0.1) is 22.7 Å². The van der Waals surface area contributed by atoms with Crippen molar-refractivity contribution in [2.24, 2.45) is 0 Å². The molecule has 0 spiro atoms. The Morgan fingerprint density at radius 3 is 3.05 bits per heavy atom. The molecule has 19 heavy (non-hydrogen) atoms. The first-order chi connectivity index (χ1) is 9.19. The number of hydrogen-bond acceptors (Lipinski definition) is 4. The lowest BCUT2D eigenvalue weighted by molar-refractivity contribution is 0.0198. The molecule has 0 fully saturated rings. The van der Waals surface area contributed by atoms with Crippen molar-refractivity contribution in [1.82, 2.24) is 5.32 Å². The fourth-order valence-corrected chi connectivity index (χ4v) is 4.19. The topological polar surface area (TPSA) is 49.3 Å². The molecule has 3 nitrogen and oxygen atoms in total. The average molecular weight is 293 g/mol. The van der Waals surface area contributed by atoms with Crippen LogP contribution in [0.25, 0.3) is 0 Å². The first-order valence-corrected chi connectivity index (χ1v) is 8.06. The average Bonchev–Trinajstić information content (AvgIpc) is 3.07. The zero-order chi connectivity index (χ0) is 13.3. The van der Waals surface area contributed by atoms with E-state index in [1.165, 1.54) is 16.2 Å². The number of aliphatic hydroxyl groups is 1. The molecule has 0 saturated heterocycles. The lowest BCUT2D eigenvalue weighted by atomic mass is 9.83. The minimum absolute atomic E-state index is 0.106. The van der Waals surface area contributed by atoms with Crippen LogP contribution < -0.4 is 5.32 Å². The summed E-state index contributed by atoms with van der Waals surface area (Å²) in [6.45, 7) is 0.285. The number of aryl methyl sites for hydroxylation is 1. The van der Waals surface area contributed by atoms with Gasteiger partial charge in [-0.2, -0.15) is 0 Å². The molecule has 100 valence electrons. The van der Waals surface area contributed by atoms with E-state index in [-0.39, 0.29) is 12.5 Å². The van der Waals surface area contributed by atoms with Gasteiger partial charge in [-0.25, -0.2) is 0 Å². The lowest BCUT2D eigenvalue weighted by Crippen LogP contribution is -2.42. The van der Waals surface area contributed by atoms with Gasteiger partial charge in [0.25, 0.3) is 5.91 Å². The smallest absolute Gasteiger partial charge is 0.261 e. The Labute approximate surface area is 119 Å². The van der Waals surface area contributed by atoms with Crippen molar-refractivity contribution < 1.29 is 9.90 Å². The molecule has 0 aliphatic heterocycles. The molecular formula is C14H15NO2S2. The first kappa shape index (κ1) is 12.8. The van der Waals surface area contributed by atoms with E-state index < -0.39 is 5.60 Å². The molecule has 1 atom stereocenters. The number of rotatable bonds is 3. The highest BCUT2D eigenvalue weighted by Gasteiger charge is 2.35. The Kier molecular flexibility index (Phi) is 3.43. The van der Waals surface area contributed by atoms with Crippen molar-refractivity contribution in [3.8, 4) is 0 Å². The summed E-state index contributed by atoms with van der Waals surface area (Å²) in [7, 11) is 0. The van der Waals surface area contributed by atoms with E-state index in [9.17, 15) is 9.90 Å². The first-order valence-electron chi connectivity index (χ1n) is 6.30. The molecule has 2 aromatic rings. The molecular weight excluding hydrogens is 278 g/mol. The van der Waals surface area contributed by atoms with Crippen LogP contribution in [0.1, 0.15) is 33.0 Å². The fraction of sp³-hybridized carbons (Fsp3) is 0.357. The SMILES string of the molecule is O=C(NCC1(O)CCCc2sccc21)c1cccs1. The zero-order valence-corrected chi connectivity index (χ0v) is 12.0. The van der Waals surface area contributed by atoms with E-state index in [0.29, 0.717) is 11.3 Å². The van der Waals surface area contributed by atoms with Gasteiger partial charge >= 0.3 is 0 Å². The number of carbonyl (C=O) groups excluding carboxylic acids is 1. The molecule has 0 bridgehead atoms. The van der Waals surface area contributed by atoms with Crippen molar-refractivity contribution in [3.63, 3.8) is 0 Å². The molecule has 3 rings (SSSR count). The normalized spacial score (nSPS) is 21.9. The highest BCUT2D eigenvalue weighted by atomic mass is 32.1. The second-order valence-electron chi connectivity index (χ2n) is 4.80. The molecule has 0 radical (unpaired) electrons. The van der Waals surface area contributed by atoms with Gasteiger partial charge in [-0.05, 0) is 47.7 Å². The highest BCUT2D eigenvalue weighted by Crippen LogP contribution is 2.37. The van der Waals surface area contributed by atoms with Crippen LogP contribution in [-0.2, 0) is 12.0 Å². The predicted molar refractivity (Wildman–Crippen MR) is 77.8 cm³/mol. The monoisotopic (exact) mass is 293 g/mol. The van der Waals surface area contributed by atoms with Crippen LogP contribution in [0, 0.1) is 0 Å². The summed E-state index contributed by atoms with van der Waals surface area (Å²) in [6.07, 6.45) is 2.72. The Bertz CT molecular complexity index is 576. The standard InChI is InChI=1S/C14H15NO2S2/c16-13(12-4-2-7-18-12)15-9-14(17)6-1-3-11-10(14)5-8-19-11/h2,4-5,7-8,17H,1,3,6,9H2,(H,15,16). The predicted octanol–water partition coefficient (Wildman–Crippen LogP) is 2.76. The molecule has 1 aliphatic carbocycles. The van der Waals surface area contributed by atoms with Crippen LogP contribution in [0.3, 0.4) is 0 Å². The van der Waals surface area contributed by atoms with Crippen LogP contribution >= 0.6 is 22.7 Å². The number of thiophene rings is 2. The summed E-state index contributed by atoms with van der Waals surface area (Å²) in [6, 6.07) is 5.63. The maximum absolute atomic E-state index is 11.9. The summed E-state index contributed by atoms with van der Waals surface area (Å²) >= 11 is 3.10. The molecule has 5 heteroatoms. The minimum atomic E-state index is -0.902. The van der Waals surface area contributed by atoms with Gasteiger partial charge in [0.15, 0.2) is 0 Å². The fourth-order valence-electron chi connectivity index (χ4n) is 2.53. The number of hydrogen-bond donors (Lipinski definition) is 2. The molecule has 2 heterocycles. The second kappa shape index (κ2) is 5.07. The summed E-state index contributed by atoms with van der Waals surface area (Å²) in [5.74, 6) is -0.106. The number of carbonyl (C=O) groups is 1. The molecule has 1 unspecified atom stereocenters. The zero-order valence-electron chi connectivity index (χ0n) is 10.4. The lowest BCUT2D eigenvalue weighted by Gasteiger charge is -2.32. The van der Waals surface area contributed by atoms with Crippen LogP contribution in [0.5, 0.6) is 0 Å². The third kappa shape index (κ3) is 2.45. The Morgan fingerprint density at radius 2 is 2.26 bits per heavy atom. The van der Waals surface area contributed by atoms with Gasteiger partial charge in [0.05, 0.1) is 11.4 Å². The van der Waals surface area contributed by atoms with Gasteiger partial charge in [0, 0.05) is 4.88 Å². The van der Waals surface area contributed by atoms with Crippen molar-refractivity contribution in [1.29, 1.82) is 0 Å².